The Morgan fingerprint density at radius 3 is 2.90 bits per heavy atom. The Morgan fingerprint density at radius 1 is 1.20 bits per heavy atom. The molecule has 2 aromatic heterocycles. The highest BCUT2D eigenvalue weighted by Gasteiger charge is 2.12. The molecular weight excluding hydrogens is 392 g/mol. The minimum absolute atomic E-state index is 0.0501. The molecule has 6 heteroatoms. The molecule has 0 saturated carbocycles. The highest BCUT2D eigenvalue weighted by molar-refractivity contribution is 8.00. The van der Waals surface area contributed by atoms with Gasteiger partial charge < -0.3 is 5.32 Å². The summed E-state index contributed by atoms with van der Waals surface area (Å²) in [6.07, 6.45) is 11.8. The third kappa shape index (κ3) is 4.93. The van der Waals surface area contributed by atoms with Crippen LogP contribution in [0.3, 0.4) is 0 Å². The molecule has 2 heterocycles. The molecule has 1 aliphatic rings. The zero-order chi connectivity index (χ0) is 20.9. The van der Waals surface area contributed by atoms with Crippen molar-refractivity contribution < 1.29 is 4.79 Å². The number of fused-ring (bicyclic) bond motifs is 1. The maximum atomic E-state index is 12.3. The van der Waals surface area contributed by atoms with E-state index in [0.717, 1.165) is 28.2 Å². The number of carbonyl (C=O) groups is 1. The van der Waals surface area contributed by atoms with Gasteiger partial charge in [0.2, 0.25) is 5.91 Å². The van der Waals surface area contributed by atoms with E-state index in [4.69, 9.17) is 5.10 Å². The van der Waals surface area contributed by atoms with E-state index >= 15 is 0 Å². The van der Waals surface area contributed by atoms with Gasteiger partial charge in [-0.2, -0.15) is 5.10 Å². The summed E-state index contributed by atoms with van der Waals surface area (Å²) < 4.78 is 1.84. The quantitative estimate of drug-likeness (QED) is 0.426. The molecule has 0 aliphatic heterocycles. The number of benzene rings is 1. The van der Waals surface area contributed by atoms with Crippen molar-refractivity contribution in [2.75, 3.05) is 12.3 Å². The third-order valence-corrected chi connectivity index (χ3v) is 6.64. The van der Waals surface area contributed by atoms with Crippen molar-refractivity contribution in [1.29, 1.82) is 0 Å². The Labute approximate surface area is 182 Å². The molecule has 1 aromatic carbocycles. The van der Waals surface area contributed by atoms with Crippen LogP contribution in [0.2, 0.25) is 0 Å². The van der Waals surface area contributed by atoms with Crippen molar-refractivity contribution >= 4 is 23.2 Å². The molecule has 4 rings (SSSR count). The molecule has 0 radical (unpaired) electrons. The largest absolute Gasteiger partial charge is 0.355 e. The van der Waals surface area contributed by atoms with Gasteiger partial charge in [0.25, 0.3) is 0 Å². The average Bonchev–Trinajstić information content (AvgIpc) is 3.20. The Bertz CT molecular complexity index is 1090. The molecule has 0 unspecified atom stereocenters. The number of nitrogens with zero attached hydrogens (tertiary/aromatic N) is 3. The van der Waals surface area contributed by atoms with E-state index in [1.807, 2.05) is 16.8 Å². The number of thioether (sulfide) groups is 1. The van der Waals surface area contributed by atoms with Gasteiger partial charge in [0.05, 0.1) is 17.0 Å². The number of aryl methyl sites for hydroxylation is 2. The minimum Gasteiger partial charge on any atom is -0.355 e. The summed E-state index contributed by atoms with van der Waals surface area (Å²) in [5, 5.41) is 8.56. The lowest BCUT2D eigenvalue weighted by Crippen LogP contribution is -2.26. The van der Waals surface area contributed by atoms with Crippen LogP contribution in [0.5, 0.6) is 0 Å². The molecule has 0 bridgehead atoms. The Morgan fingerprint density at radius 2 is 2.10 bits per heavy atom. The fraction of sp³-hybridized carbons (Fsp3) is 0.375. The van der Waals surface area contributed by atoms with Gasteiger partial charge >= 0.3 is 0 Å². The third-order valence-electron chi connectivity index (χ3n) is 5.65. The lowest BCUT2D eigenvalue weighted by Gasteiger charge is -2.12. The van der Waals surface area contributed by atoms with Gasteiger partial charge in [-0.25, -0.2) is 9.50 Å². The molecule has 1 N–H and O–H groups in total. The molecular formula is C24H28N4OS. The van der Waals surface area contributed by atoms with E-state index in [9.17, 15) is 4.79 Å². The van der Waals surface area contributed by atoms with Crippen LogP contribution >= 0.6 is 11.8 Å². The standard InChI is InChI=1S/C24H28N4OS/c1-17-8-9-20(14-18(17)2)21-15-22-24(26-12-13-28(22)27-21)30-16-23(29)25-11-10-19-6-4-3-5-7-19/h6,8-9,12-15H,3-5,7,10-11,16H2,1-2H3,(H,25,29). The van der Waals surface area contributed by atoms with E-state index in [0.29, 0.717) is 12.3 Å². The first-order chi connectivity index (χ1) is 14.6. The van der Waals surface area contributed by atoms with E-state index < -0.39 is 0 Å². The maximum absolute atomic E-state index is 12.3. The summed E-state index contributed by atoms with van der Waals surface area (Å²) in [6, 6.07) is 8.43. The lowest BCUT2D eigenvalue weighted by molar-refractivity contribution is -0.118. The lowest BCUT2D eigenvalue weighted by atomic mass is 9.97. The number of allylic oxidation sites excluding steroid dienone is 1. The second-order valence-corrected chi connectivity index (χ2v) is 8.85. The smallest absolute Gasteiger partial charge is 0.230 e. The van der Waals surface area contributed by atoms with E-state index in [-0.39, 0.29) is 5.91 Å². The first kappa shape index (κ1) is 20.7. The summed E-state index contributed by atoms with van der Waals surface area (Å²) >= 11 is 1.46. The normalized spacial score (nSPS) is 14.0. The molecule has 0 atom stereocenters. The molecule has 30 heavy (non-hydrogen) atoms. The van der Waals surface area contributed by atoms with Crippen molar-refractivity contribution in [3.05, 3.63) is 59.4 Å². The van der Waals surface area contributed by atoms with Crippen LogP contribution in [0.4, 0.5) is 0 Å². The van der Waals surface area contributed by atoms with Crippen LogP contribution < -0.4 is 5.32 Å². The zero-order valence-corrected chi connectivity index (χ0v) is 18.5. The van der Waals surface area contributed by atoms with Gasteiger partial charge in [-0.1, -0.05) is 35.5 Å². The number of hydrogen-bond donors (Lipinski definition) is 1. The van der Waals surface area contributed by atoms with Gasteiger partial charge in [-0.3, -0.25) is 4.79 Å². The zero-order valence-electron chi connectivity index (χ0n) is 17.6. The molecule has 1 aliphatic carbocycles. The predicted octanol–water partition coefficient (Wildman–Crippen LogP) is 5.11. The number of hydrogen-bond acceptors (Lipinski definition) is 4. The van der Waals surface area contributed by atoms with Crippen LogP contribution in [-0.2, 0) is 4.79 Å². The number of rotatable bonds is 7. The summed E-state index contributed by atoms with van der Waals surface area (Å²) in [7, 11) is 0. The van der Waals surface area contributed by atoms with E-state index in [2.05, 4.69) is 48.4 Å². The van der Waals surface area contributed by atoms with Crippen LogP contribution in [-0.4, -0.2) is 32.8 Å². The van der Waals surface area contributed by atoms with Gasteiger partial charge in [0.1, 0.15) is 5.03 Å². The highest BCUT2D eigenvalue weighted by atomic mass is 32.2. The van der Waals surface area contributed by atoms with Gasteiger partial charge in [0, 0.05) is 24.5 Å². The predicted molar refractivity (Wildman–Crippen MR) is 123 cm³/mol. The molecule has 1 amide bonds. The van der Waals surface area contributed by atoms with Crippen molar-refractivity contribution in [2.45, 2.75) is 51.0 Å². The first-order valence-corrected chi connectivity index (χ1v) is 11.6. The SMILES string of the molecule is Cc1ccc(-c2cc3c(SCC(=O)NCCC4=CCCCC4)nccn3n2)cc1C. The monoisotopic (exact) mass is 420 g/mol. The number of aromatic nitrogens is 3. The molecule has 0 saturated heterocycles. The number of nitrogens with one attached hydrogen (secondary N) is 1. The van der Waals surface area contributed by atoms with Crippen LogP contribution in [0.15, 0.2) is 53.3 Å². The summed E-state index contributed by atoms with van der Waals surface area (Å²) in [5.41, 5.74) is 6.93. The molecule has 156 valence electrons. The second kappa shape index (κ2) is 9.47. The Kier molecular flexibility index (Phi) is 6.53. The van der Waals surface area contributed by atoms with Crippen molar-refractivity contribution in [3.8, 4) is 11.3 Å². The van der Waals surface area contributed by atoms with Crippen molar-refractivity contribution in [1.82, 2.24) is 19.9 Å². The number of amides is 1. The number of carbonyl (C=O) groups excluding carboxylic acids is 1. The molecule has 0 fully saturated rings. The summed E-state index contributed by atoms with van der Waals surface area (Å²) in [5.74, 6) is 0.407. The maximum Gasteiger partial charge on any atom is 0.230 e. The average molecular weight is 421 g/mol. The minimum atomic E-state index is 0.0501. The molecule has 0 spiro atoms. The highest BCUT2D eigenvalue weighted by Crippen LogP contribution is 2.27. The van der Waals surface area contributed by atoms with Crippen LogP contribution in [0.25, 0.3) is 16.8 Å². The summed E-state index contributed by atoms with van der Waals surface area (Å²) in [4.78, 5) is 16.8. The van der Waals surface area contributed by atoms with Crippen molar-refractivity contribution in [2.24, 2.45) is 0 Å². The van der Waals surface area contributed by atoms with Gasteiger partial charge in [-0.15, -0.1) is 0 Å². The molecule has 5 nitrogen and oxygen atoms in total. The van der Waals surface area contributed by atoms with Gasteiger partial charge in [-0.05, 0) is 69.2 Å². The first-order valence-electron chi connectivity index (χ1n) is 10.6. The second-order valence-electron chi connectivity index (χ2n) is 7.89. The Hall–Kier alpha value is -2.60. The van der Waals surface area contributed by atoms with Crippen LogP contribution in [0.1, 0.15) is 43.2 Å². The topological polar surface area (TPSA) is 59.3 Å². The Balaban J connectivity index is 1.39. The van der Waals surface area contributed by atoms with Gasteiger partial charge in [0.15, 0.2) is 0 Å². The van der Waals surface area contributed by atoms with Crippen molar-refractivity contribution in [3.63, 3.8) is 0 Å². The fourth-order valence-corrected chi connectivity index (χ4v) is 4.54. The van der Waals surface area contributed by atoms with Crippen LogP contribution in [0, 0.1) is 13.8 Å². The van der Waals surface area contributed by atoms with E-state index in [1.54, 1.807) is 6.20 Å². The molecule has 3 aromatic rings. The fourth-order valence-electron chi connectivity index (χ4n) is 3.73. The summed E-state index contributed by atoms with van der Waals surface area (Å²) in [6.45, 7) is 4.94. The van der Waals surface area contributed by atoms with E-state index in [1.165, 1.54) is 54.1 Å².